The molecule has 0 radical (unpaired) electrons. The molecule has 0 aliphatic rings. The summed E-state index contributed by atoms with van der Waals surface area (Å²) in [5, 5.41) is 9.36. The molecule has 3 rings (SSSR count). The summed E-state index contributed by atoms with van der Waals surface area (Å²) >= 11 is 1.50. The minimum Gasteiger partial charge on any atom is -0.383 e. The number of rotatable bonds is 6. The molecule has 1 unspecified atom stereocenters. The molecule has 7 nitrogen and oxygen atoms in total. The Kier molecular flexibility index (Phi) is 4.73. The topological polar surface area (TPSA) is 85.7 Å². The zero-order valence-electron chi connectivity index (χ0n) is 12.9. The number of hydrogen-bond acceptors (Lipinski definition) is 6. The second-order valence-corrected chi connectivity index (χ2v) is 6.34. The first-order valence-corrected chi connectivity index (χ1v) is 8.09. The third-order valence-corrected chi connectivity index (χ3v) is 4.52. The van der Waals surface area contributed by atoms with Crippen molar-refractivity contribution in [2.75, 3.05) is 13.7 Å². The second kappa shape index (κ2) is 6.93. The molecule has 0 aliphatic carbocycles. The van der Waals surface area contributed by atoms with E-state index in [2.05, 4.69) is 20.2 Å². The maximum atomic E-state index is 12.2. The first-order chi connectivity index (χ1) is 11.2. The average molecular weight is 331 g/mol. The predicted molar refractivity (Wildman–Crippen MR) is 88.5 cm³/mol. The average Bonchev–Trinajstić information content (AvgIpc) is 3.00. The van der Waals surface area contributed by atoms with Gasteiger partial charge in [0, 0.05) is 13.7 Å². The molecule has 0 aliphatic heterocycles. The number of para-hydroxylation sites is 1. The Morgan fingerprint density at radius 2 is 2.22 bits per heavy atom. The molecule has 0 spiro atoms. The number of aromatic amines is 1. The molecule has 120 valence electrons. The van der Waals surface area contributed by atoms with E-state index in [9.17, 15) is 4.79 Å². The zero-order valence-corrected chi connectivity index (χ0v) is 13.7. The summed E-state index contributed by atoms with van der Waals surface area (Å²) in [5.74, 6) is 0.625. The highest BCUT2D eigenvalue weighted by Gasteiger charge is 2.15. The van der Waals surface area contributed by atoms with E-state index < -0.39 is 0 Å². The number of fused-ring (bicyclic) bond motifs is 1. The van der Waals surface area contributed by atoms with Crippen LogP contribution in [-0.2, 0) is 11.3 Å². The highest BCUT2D eigenvalue weighted by molar-refractivity contribution is 7.99. The van der Waals surface area contributed by atoms with Gasteiger partial charge in [0.15, 0.2) is 5.16 Å². The number of nitrogens with zero attached hydrogens (tertiary/aromatic N) is 4. The van der Waals surface area contributed by atoms with E-state index in [1.165, 1.54) is 11.8 Å². The molecule has 23 heavy (non-hydrogen) atoms. The lowest BCUT2D eigenvalue weighted by atomic mass is 10.2. The molecular weight excluding hydrogens is 314 g/mol. The molecule has 0 fully saturated rings. The van der Waals surface area contributed by atoms with Crippen molar-refractivity contribution in [2.45, 2.75) is 23.9 Å². The maximum absolute atomic E-state index is 12.2. The molecule has 2 aromatic heterocycles. The van der Waals surface area contributed by atoms with Gasteiger partial charge in [0.2, 0.25) is 0 Å². The van der Waals surface area contributed by atoms with E-state index in [-0.39, 0.29) is 10.8 Å². The van der Waals surface area contributed by atoms with Crippen LogP contribution in [0.4, 0.5) is 0 Å². The summed E-state index contributed by atoms with van der Waals surface area (Å²) in [4.78, 5) is 19.6. The van der Waals surface area contributed by atoms with Crippen LogP contribution in [0.25, 0.3) is 10.9 Å². The van der Waals surface area contributed by atoms with Crippen molar-refractivity contribution in [3.63, 3.8) is 0 Å². The molecule has 1 N–H and O–H groups in total. The van der Waals surface area contributed by atoms with E-state index in [0.29, 0.717) is 29.9 Å². The van der Waals surface area contributed by atoms with Gasteiger partial charge in [-0.15, -0.1) is 10.2 Å². The van der Waals surface area contributed by atoms with E-state index in [1.54, 1.807) is 19.5 Å². The summed E-state index contributed by atoms with van der Waals surface area (Å²) in [7, 11) is 1.66. The smallest absolute Gasteiger partial charge is 0.258 e. The Balaban J connectivity index is 1.85. The first-order valence-electron chi connectivity index (χ1n) is 7.21. The van der Waals surface area contributed by atoms with Crippen molar-refractivity contribution >= 4 is 22.7 Å². The van der Waals surface area contributed by atoms with Gasteiger partial charge < -0.3 is 14.3 Å². The Labute approximate surface area is 137 Å². The van der Waals surface area contributed by atoms with Crippen molar-refractivity contribution < 1.29 is 4.74 Å². The second-order valence-electron chi connectivity index (χ2n) is 5.03. The monoisotopic (exact) mass is 331 g/mol. The van der Waals surface area contributed by atoms with Gasteiger partial charge in [0.25, 0.3) is 5.56 Å². The highest BCUT2D eigenvalue weighted by atomic mass is 32.2. The molecule has 2 heterocycles. The molecule has 3 aromatic rings. The lowest BCUT2D eigenvalue weighted by molar-refractivity contribution is 0.184. The van der Waals surface area contributed by atoms with E-state index in [4.69, 9.17) is 4.74 Å². The number of aromatic nitrogens is 5. The fourth-order valence-electron chi connectivity index (χ4n) is 2.19. The molecule has 1 aromatic carbocycles. The maximum Gasteiger partial charge on any atom is 0.258 e. The minimum atomic E-state index is -0.126. The minimum absolute atomic E-state index is 0.0576. The molecule has 0 saturated heterocycles. The Bertz CT molecular complexity index is 860. The van der Waals surface area contributed by atoms with Crippen molar-refractivity contribution in [1.29, 1.82) is 0 Å². The third-order valence-electron chi connectivity index (χ3n) is 3.41. The summed E-state index contributed by atoms with van der Waals surface area (Å²) in [5.41, 5.74) is 0.568. The third kappa shape index (κ3) is 3.43. The zero-order chi connectivity index (χ0) is 16.2. The van der Waals surface area contributed by atoms with Crippen LogP contribution in [0.3, 0.4) is 0 Å². The van der Waals surface area contributed by atoms with Crippen LogP contribution >= 0.6 is 11.8 Å². The Hall–Kier alpha value is -2.19. The normalized spacial score (nSPS) is 12.6. The SMILES string of the molecule is COCCn1cnnc1SC(C)c1nc2ccccc2c(=O)[nH]1. The number of ether oxygens (including phenoxy) is 1. The van der Waals surface area contributed by atoms with E-state index in [1.807, 2.05) is 29.7 Å². The van der Waals surface area contributed by atoms with Gasteiger partial charge in [0.05, 0.1) is 22.8 Å². The van der Waals surface area contributed by atoms with Crippen molar-refractivity contribution in [3.8, 4) is 0 Å². The number of thioether (sulfide) groups is 1. The van der Waals surface area contributed by atoms with Crippen LogP contribution in [0.5, 0.6) is 0 Å². The number of methoxy groups -OCH3 is 1. The van der Waals surface area contributed by atoms with Crippen molar-refractivity contribution in [3.05, 3.63) is 46.8 Å². The van der Waals surface area contributed by atoms with Gasteiger partial charge in [-0.1, -0.05) is 23.9 Å². The van der Waals surface area contributed by atoms with E-state index >= 15 is 0 Å². The predicted octanol–water partition coefficient (Wildman–Crippen LogP) is 2.01. The van der Waals surface area contributed by atoms with Gasteiger partial charge in [0.1, 0.15) is 12.2 Å². The quantitative estimate of drug-likeness (QED) is 0.696. The van der Waals surface area contributed by atoms with Crippen molar-refractivity contribution in [2.24, 2.45) is 0 Å². The molecular formula is C15H17N5O2S. The fourth-order valence-corrected chi connectivity index (χ4v) is 3.10. The summed E-state index contributed by atoms with van der Waals surface area (Å²) in [6.45, 7) is 3.25. The van der Waals surface area contributed by atoms with Gasteiger partial charge >= 0.3 is 0 Å². The van der Waals surface area contributed by atoms with Gasteiger partial charge in [-0.05, 0) is 19.1 Å². The van der Waals surface area contributed by atoms with Crippen LogP contribution in [0.15, 0.2) is 40.5 Å². The number of nitrogens with one attached hydrogen (secondary N) is 1. The largest absolute Gasteiger partial charge is 0.383 e. The number of H-pyrrole nitrogens is 1. The highest BCUT2D eigenvalue weighted by Crippen LogP contribution is 2.31. The molecule has 0 saturated carbocycles. The van der Waals surface area contributed by atoms with Gasteiger partial charge in [-0.3, -0.25) is 4.79 Å². The van der Waals surface area contributed by atoms with Gasteiger partial charge in [-0.25, -0.2) is 4.98 Å². The number of benzene rings is 1. The lowest BCUT2D eigenvalue weighted by Crippen LogP contribution is -2.13. The first kappa shape index (κ1) is 15.7. The van der Waals surface area contributed by atoms with Crippen LogP contribution in [-0.4, -0.2) is 38.4 Å². The van der Waals surface area contributed by atoms with E-state index in [0.717, 1.165) is 5.16 Å². The standard InChI is InChI=1S/C15H17N5O2S/c1-10(23-15-19-16-9-20(15)7-8-22-2)13-17-12-6-4-3-5-11(12)14(21)18-13/h3-6,9-10H,7-8H2,1-2H3,(H,17,18,21). The number of hydrogen-bond donors (Lipinski definition) is 1. The van der Waals surface area contributed by atoms with Crippen LogP contribution in [0.1, 0.15) is 18.0 Å². The summed E-state index contributed by atoms with van der Waals surface area (Å²) in [6, 6.07) is 7.31. The summed E-state index contributed by atoms with van der Waals surface area (Å²) in [6.07, 6.45) is 1.67. The van der Waals surface area contributed by atoms with Crippen LogP contribution in [0, 0.1) is 0 Å². The van der Waals surface area contributed by atoms with Crippen LogP contribution < -0.4 is 5.56 Å². The van der Waals surface area contributed by atoms with Crippen molar-refractivity contribution in [1.82, 2.24) is 24.7 Å². The fraction of sp³-hybridized carbons (Fsp3) is 0.333. The Morgan fingerprint density at radius 3 is 3.04 bits per heavy atom. The van der Waals surface area contributed by atoms with Crippen LogP contribution in [0.2, 0.25) is 0 Å². The van der Waals surface area contributed by atoms with Gasteiger partial charge in [-0.2, -0.15) is 0 Å². The summed E-state index contributed by atoms with van der Waals surface area (Å²) < 4.78 is 7.00. The lowest BCUT2D eigenvalue weighted by Gasteiger charge is -2.11. The molecule has 0 bridgehead atoms. The molecule has 8 heteroatoms. The Morgan fingerprint density at radius 1 is 1.39 bits per heavy atom. The molecule has 1 atom stereocenters. The molecule has 0 amide bonds.